The lowest BCUT2D eigenvalue weighted by Crippen LogP contribution is -2.66. The number of ether oxygens (including phenoxy) is 2. The van der Waals surface area contributed by atoms with E-state index >= 15 is 0 Å². The van der Waals surface area contributed by atoms with Gasteiger partial charge in [-0.2, -0.15) is 0 Å². The predicted molar refractivity (Wildman–Crippen MR) is 194 cm³/mol. The second-order valence-corrected chi connectivity index (χ2v) is 19.6. The first-order chi connectivity index (χ1) is 22.7. The van der Waals surface area contributed by atoms with Crippen LogP contribution < -0.4 is 0 Å². The molecule has 1 amide bonds. The molecule has 0 spiro atoms. The van der Waals surface area contributed by atoms with Crippen LogP contribution in [0, 0.1) is 68.5 Å². The molecule has 0 saturated heterocycles. The highest BCUT2D eigenvalue weighted by molar-refractivity contribution is 5.92. The zero-order valence-corrected chi connectivity index (χ0v) is 32.4. The SMILES string of the molecule is C=C(C)[C@@H]1CC[C@]2(C#CC3=C(C(=O)OC)CN(C(=O)OC(C)(C)C)CC3)CC[C@]3(C)C(CCC4[C@@]5(C)CC[C@H](O)C(C)(C)C5CC[C@]43C)C12. The Morgan fingerprint density at radius 2 is 1.63 bits per heavy atom. The Morgan fingerprint density at radius 3 is 2.29 bits per heavy atom. The molecule has 1 heterocycles. The van der Waals surface area contributed by atoms with E-state index in [4.69, 9.17) is 9.47 Å². The lowest BCUT2D eigenvalue weighted by Gasteiger charge is -2.72. The maximum atomic E-state index is 13.1. The third-order valence-corrected chi connectivity index (χ3v) is 15.9. The zero-order valence-electron chi connectivity index (χ0n) is 32.4. The maximum Gasteiger partial charge on any atom is 0.410 e. The average Bonchev–Trinajstić information content (AvgIpc) is 3.41. The van der Waals surface area contributed by atoms with Gasteiger partial charge < -0.3 is 19.5 Å². The molecule has 0 bridgehead atoms. The first-order valence-electron chi connectivity index (χ1n) is 19.4. The quantitative estimate of drug-likeness (QED) is 0.180. The average molecular weight is 676 g/mol. The summed E-state index contributed by atoms with van der Waals surface area (Å²) >= 11 is 0. The third kappa shape index (κ3) is 5.62. The minimum atomic E-state index is -0.610. The molecule has 6 heteroatoms. The fourth-order valence-electron chi connectivity index (χ4n) is 13.2. The summed E-state index contributed by atoms with van der Waals surface area (Å²) in [5.74, 6) is 9.83. The van der Waals surface area contributed by atoms with E-state index in [-0.39, 0.29) is 39.7 Å². The fourth-order valence-corrected chi connectivity index (χ4v) is 13.2. The standard InChI is InChI=1S/C43H65NO5/c1-27(2)29-15-22-43(21-14-28-18-25-44(26-30(28)36(46)48-11)37(47)49-38(3,4)5)24-23-41(9)31(35(29)43)12-13-33-40(8)19-17-34(45)39(6,7)32(40)16-20-42(33,41)10/h29,31-35,45H,1,12-13,15-20,22-26H2,2-11H3/t29-,31?,32?,33?,34-,35?,40-,41+,42+,43+/m0/s1. The lowest BCUT2D eigenvalue weighted by molar-refractivity contribution is -0.244. The summed E-state index contributed by atoms with van der Waals surface area (Å²) in [6.45, 7) is 25.6. The van der Waals surface area contributed by atoms with Crippen molar-refractivity contribution in [1.82, 2.24) is 4.90 Å². The molecule has 0 aromatic heterocycles. The topological polar surface area (TPSA) is 76.1 Å². The van der Waals surface area contributed by atoms with Crippen LogP contribution in [0.4, 0.5) is 4.79 Å². The molecule has 0 radical (unpaired) electrons. The van der Waals surface area contributed by atoms with Crippen LogP contribution in [-0.4, -0.2) is 54.0 Å². The molecular weight excluding hydrogens is 610 g/mol. The number of aliphatic hydroxyl groups is 1. The highest BCUT2D eigenvalue weighted by Crippen LogP contribution is 2.77. The Hall–Kier alpha value is -2.26. The van der Waals surface area contributed by atoms with E-state index in [0.29, 0.717) is 48.1 Å². The molecule has 5 saturated carbocycles. The first kappa shape index (κ1) is 36.5. The van der Waals surface area contributed by atoms with Gasteiger partial charge in [0.25, 0.3) is 0 Å². The van der Waals surface area contributed by atoms with E-state index in [0.717, 1.165) is 37.7 Å². The van der Waals surface area contributed by atoms with Crippen LogP contribution in [0.1, 0.15) is 133 Å². The summed E-state index contributed by atoms with van der Waals surface area (Å²) in [5.41, 5.74) is 2.55. The van der Waals surface area contributed by atoms with Crippen LogP contribution in [0.2, 0.25) is 0 Å². The lowest BCUT2D eigenvalue weighted by atomic mass is 9.32. The van der Waals surface area contributed by atoms with Gasteiger partial charge in [0.15, 0.2) is 0 Å². The highest BCUT2D eigenvalue weighted by atomic mass is 16.6. The molecule has 0 aromatic rings. The zero-order chi connectivity index (χ0) is 35.9. The molecule has 4 unspecified atom stereocenters. The summed E-state index contributed by atoms with van der Waals surface area (Å²) in [6, 6.07) is 0. The number of carbonyl (C=O) groups is 2. The summed E-state index contributed by atoms with van der Waals surface area (Å²) in [5, 5.41) is 11.1. The smallest absolute Gasteiger partial charge is 0.410 e. The first-order valence-corrected chi connectivity index (χ1v) is 19.4. The van der Waals surface area contributed by atoms with Crippen molar-refractivity contribution in [2.24, 2.45) is 56.7 Å². The number of amides is 1. The fraction of sp³-hybridized carbons (Fsp3) is 0.814. The molecule has 5 fully saturated rings. The van der Waals surface area contributed by atoms with Crippen molar-refractivity contribution < 1.29 is 24.2 Å². The second-order valence-electron chi connectivity index (χ2n) is 19.6. The van der Waals surface area contributed by atoms with Gasteiger partial charge >= 0.3 is 12.1 Å². The minimum Gasteiger partial charge on any atom is -0.466 e. The van der Waals surface area contributed by atoms with Crippen LogP contribution in [0.15, 0.2) is 23.3 Å². The van der Waals surface area contributed by atoms with Crippen LogP contribution in [0.3, 0.4) is 0 Å². The minimum absolute atomic E-state index is 0.0410. The number of aliphatic hydroxyl groups excluding tert-OH is 1. The highest BCUT2D eigenvalue weighted by Gasteiger charge is 2.70. The number of methoxy groups -OCH3 is 1. The molecule has 272 valence electrons. The van der Waals surface area contributed by atoms with Crippen molar-refractivity contribution in [2.75, 3.05) is 20.2 Å². The molecule has 6 aliphatic rings. The molecule has 49 heavy (non-hydrogen) atoms. The van der Waals surface area contributed by atoms with Gasteiger partial charge in [0.1, 0.15) is 5.60 Å². The van der Waals surface area contributed by atoms with Gasteiger partial charge in [-0.15, -0.1) is 0 Å². The van der Waals surface area contributed by atoms with Gasteiger partial charge in [-0.05, 0) is 150 Å². The van der Waals surface area contributed by atoms with Gasteiger partial charge in [-0.1, -0.05) is 58.6 Å². The van der Waals surface area contributed by atoms with Crippen molar-refractivity contribution in [1.29, 1.82) is 0 Å². The Kier molecular flexibility index (Phi) is 9.07. The summed E-state index contributed by atoms with van der Waals surface area (Å²) in [7, 11) is 1.40. The van der Waals surface area contributed by atoms with Crippen LogP contribution in [-0.2, 0) is 14.3 Å². The van der Waals surface area contributed by atoms with Crippen LogP contribution >= 0.6 is 0 Å². The van der Waals surface area contributed by atoms with Crippen LogP contribution in [0.25, 0.3) is 0 Å². The number of esters is 1. The molecule has 1 aliphatic heterocycles. The van der Waals surface area contributed by atoms with E-state index in [1.54, 1.807) is 4.90 Å². The van der Waals surface area contributed by atoms with Crippen molar-refractivity contribution in [3.8, 4) is 11.8 Å². The van der Waals surface area contributed by atoms with Gasteiger partial charge in [0.2, 0.25) is 0 Å². The van der Waals surface area contributed by atoms with Crippen molar-refractivity contribution in [3.63, 3.8) is 0 Å². The Bertz CT molecular complexity index is 1470. The van der Waals surface area contributed by atoms with E-state index in [2.05, 4.69) is 60.0 Å². The van der Waals surface area contributed by atoms with Gasteiger partial charge in [0.05, 0.1) is 25.3 Å². The molecule has 5 aliphatic carbocycles. The number of allylic oxidation sites excluding steroid dienone is 1. The number of hydrogen-bond acceptors (Lipinski definition) is 5. The Morgan fingerprint density at radius 1 is 0.918 bits per heavy atom. The Labute approximate surface area is 297 Å². The van der Waals surface area contributed by atoms with Gasteiger partial charge in [-0.25, -0.2) is 9.59 Å². The Balaban J connectivity index is 1.34. The number of fused-ring (bicyclic) bond motifs is 7. The van der Waals surface area contributed by atoms with E-state index < -0.39 is 17.7 Å². The van der Waals surface area contributed by atoms with Crippen molar-refractivity contribution in [2.45, 2.75) is 145 Å². The number of nitrogens with zero attached hydrogens (tertiary/aromatic N) is 1. The third-order valence-electron chi connectivity index (χ3n) is 15.9. The molecular formula is C43H65NO5. The number of carbonyl (C=O) groups excluding carboxylic acids is 2. The van der Waals surface area contributed by atoms with Crippen molar-refractivity contribution >= 4 is 12.1 Å². The summed E-state index contributed by atoms with van der Waals surface area (Å²) < 4.78 is 10.8. The molecule has 10 atom stereocenters. The second kappa shape index (κ2) is 12.2. The van der Waals surface area contributed by atoms with Gasteiger partial charge in [0, 0.05) is 17.5 Å². The summed E-state index contributed by atoms with van der Waals surface area (Å²) in [6.07, 6.45) is 11.4. The van der Waals surface area contributed by atoms with E-state index in [9.17, 15) is 14.7 Å². The predicted octanol–water partition coefficient (Wildman–Crippen LogP) is 9.12. The number of hydrogen-bond donors (Lipinski definition) is 1. The van der Waals surface area contributed by atoms with Crippen molar-refractivity contribution in [3.05, 3.63) is 23.3 Å². The maximum absolute atomic E-state index is 13.1. The molecule has 1 N–H and O–H groups in total. The largest absolute Gasteiger partial charge is 0.466 e. The number of rotatable bonds is 2. The van der Waals surface area contributed by atoms with E-state index in [1.807, 2.05) is 20.8 Å². The normalized spacial score (nSPS) is 42.8. The molecule has 6 nitrogen and oxygen atoms in total. The van der Waals surface area contributed by atoms with Crippen LogP contribution in [0.5, 0.6) is 0 Å². The molecule has 6 rings (SSSR count). The monoisotopic (exact) mass is 675 g/mol. The summed E-state index contributed by atoms with van der Waals surface area (Å²) in [4.78, 5) is 27.6. The molecule has 0 aromatic carbocycles. The van der Waals surface area contributed by atoms with E-state index in [1.165, 1.54) is 44.8 Å². The van der Waals surface area contributed by atoms with Gasteiger partial charge in [-0.3, -0.25) is 0 Å².